The SMILES string of the molecule is CCn1c(SCCCNC(=O)Nc2ccc(Cl)cc2Cl)nc(-c2ccccc2)c1-c1ccccc1. The number of nitrogens with zero attached hydrogens (tertiary/aromatic N) is 2. The topological polar surface area (TPSA) is 59.0 Å². The number of rotatable bonds is 9. The molecule has 0 unspecified atom stereocenters. The number of nitrogens with one attached hydrogen (secondary N) is 2. The molecule has 4 aromatic rings. The van der Waals surface area contributed by atoms with Crippen LogP contribution >= 0.6 is 35.0 Å². The lowest BCUT2D eigenvalue weighted by Gasteiger charge is -2.11. The Morgan fingerprint density at radius 1 is 0.971 bits per heavy atom. The number of hydrogen-bond acceptors (Lipinski definition) is 3. The van der Waals surface area contributed by atoms with Crippen molar-refractivity contribution in [1.29, 1.82) is 0 Å². The van der Waals surface area contributed by atoms with Gasteiger partial charge in [0.1, 0.15) is 0 Å². The molecule has 0 bridgehead atoms. The van der Waals surface area contributed by atoms with Crippen LogP contribution in [0, 0.1) is 0 Å². The predicted octanol–water partition coefficient (Wildman–Crippen LogP) is 7.85. The van der Waals surface area contributed by atoms with Crippen molar-refractivity contribution in [3.05, 3.63) is 88.9 Å². The quantitative estimate of drug-likeness (QED) is 0.173. The first kappa shape index (κ1) is 25.2. The molecule has 3 aromatic carbocycles. The number of urea groups is 1. The van der Waals surface area contributed by atoms with Crippen molar-refractivity contribution in [3.63, 3.8) is 0 Å². The van der Waals surface area contributed by atoms with Crippen molar-refractivity contribution < 1.29 is 4.79 Å². The van der Waals surface area contributed by atoms with E-state index in [1.54, 1.807) is 30.0 Å². The first-order valence-corrected chi connectivity index (χ1v) is 13.1. The molecule has 0 radical (unpaired) electrons. The van der Waals surface area contributed by atoms with E-state index in [0.29, 0.717) is 22.3 Å². The third-order valence-electron chi connectivity index (χ3n) is 5.36. The fraction of sp³-hybridized carbons (Fsp3) is 0.185. The Morgan fingerprint density at radius 2 is 1.66 bits per heavy atom. The van der Waals surface area contributed by atoms with E-state index >= 15 is 0 Å². The number of amides is 2. The molecule has 180 valence electrons. The molecule has 0 aliphatic carbocycles. The van der Waals surface area contributed by atoms with Crippen LogP contribution in [0.1, 0.15) is 13.3 Å². The van der Waals surface area contributed by atoms with Crippen molar-refractivity contribution >= 4 is 46.7 Å². The molecule has 0 saturated carbocycles. The lowest BCUT2D eigenvalue weighted by Crippen LogP contribution is -2.29. The van der Waals surface area contributed by atoms with Gasteiger partial charge in [0.15, 0.2) is 5.16 Å². The monoisotopic (exact) mass is 524 g/mol. The van der Waals surface area contributed by atoms with E-state index in [9.17, 15) is 4.79 Å². The number of carbonyl (C=O) groups excluding carboxylic acids is 1. The number of halogens is 2. The molecule has 0 fully saturated rings. The molecule has 0 saturated heterocycles. The van der Waals surface area contributed by atoms with E-state index in [0.717, 1.165) is 46.4 Å². The zero-order valence-electron chi connectivity index (χ0n) is 19.3. The minimum Gasteiger partial charge on any atom is -0.338 e. The molecule has 5 nitrogen and oxygen atoms in total. The van der Waals surface area contributed by atoms with Crippen molar-refractivity contribution in [2.24, 2.45) is 0 Å². The summed E-state index contributed by atoms with van der Waals surface area (Å²) in [5.74, 6) is 0.821. The maximum atomic E-state index is 12.2. The zero-order chi connectivity index (χ0) is 24.6. The largest absolute Gasteiger partial charge is 0.338 e. The van der Waals surface area contributed by atoms with E-state index in [1.165, 1.54) is 0 Å². The minimum atomic E-state index is -0.299. The summed E-state index contributed by atoms with van der Waals surface area (Å²) in [6.07, 6.45) is 0.796. The Bertz CT molecular complexity index is 1280. The minimum absolute atomic E-state index is 0.299. The molecule has 0 spiro atoms. The van der Waals surface area contributed by atoms with Gasteiger partial charge in [-0.15, -0.1) is 0 Å². The molecule has 8 heteroatoms. The highest BCUT2D eigenvalue weighted by Gasteiger charge is 2.19. The summed E-state index contributed by atoms with van der Waals surface area (Å²) in [5, 5.41) is 7.52. The van der Waals surface area contributed by atoms with Crippen molar-refractivity contribution in [3.8, 4) is 22.5 Å². The third-order valence-corrected chi connectivity index (χ3v) is 6.97. The predicted molar refractivity (Wildman–Crippen MR) is 148 cm³/mol. The number of benzene rings is 3. The van der Waals surface area contributed by atoms with Crippen LogP contribution in [0.2, 0.25) is 10.0 Å². The maximum absolute atomic E-state index is 12.2. The normalized spacial score (nSPS) is 10.8. The average Bonchev–Trinajstić information content (AvgIpc) is 3.25. The summed E-state index contributed by atoms with van der Waals surface area (Å²) < 4.78 is 2.27. The van der Waals surface area contributed by atoms with Gasteiger partial charge in [0.25, 0.3) is 0 Å². The Kier molecular flexibility index (Phi) is 8.74. The summed E-state index contributed by atoms with van der Waals surface area (Å²) in [6, 6.07) is 25.3. The fourth-order valence-electron chi connectivity index (χ4n) is 3.72. The van der Waals surface area contributed by atoms with E-state index in [1.807, 2.05) is 24.3 Å². The summed E-state index contributed by atoms with van der Waals surface area (Å²) in [5.41, 5.74) is 4.87. The Morgan fingerprint density at radius 3 is 2.31 bits per heavy atom. The van der Waals surface area contributed by atoms with Gasteiger partial charge >= 0.3 is 6.03 Å². The Hall–Kier alpha value is -2.93. The highest BCUT2D eigenvalue weighted by atomic mass is 35.5. The lowest BCUT2D eigenvalue weighted by molar-refractivity contribution is 0.252. The maximum Gasteiger partial charge on any atom is 0.319 e. The van der Waals surface area contributed by atoms with Crippen LogP contribution in [0.4, 0.5) is 10.5 Å². The van der Waals surface area contributed by atoms with E-state index in [2.05, 4.69) is 58.5 Å². The Labute approximate surface area is 219 Å². The second-order valence-corrected chi connectivity index (χ2v) is 9.68. The van der Waals surface area contributed by atoms with Crippen LogP contribution in [0.3, 0.4) is 0 Å². The Balaban J connectivity index is 1.40. The third kappa shape index (κ3) is 6.40. The second-order valence-electron chi connectivity index (χ2n) is 7.77. The van der Waals surface area contributed by atoms with Gasteiger partial charge in [0.2, 0.25) is 0 Å². The van der Waals surface area contributed by atoms with Crippen LogP contribution < -0.4 is 10.6 Å². The molecular formula is C27H26Cl2N4OS. The lowest BCUT2D eigenvalue weighted by atomic mass is 10.0. The van der Waals surface area contributed by atoms with Gasteiger partial charge in [0, 0.05) is 35.0 Å². The van der Waals surface area contributed by atoms with Gasteiger partial charge in [-0.2, -0.15) is 0 Å². The smallest absolute Gasteiger partial charge is 0.319 e. The van der Waals surface area contributed by atoms with Gasteiger partial charge < -0.3 is 15.2 Å². The summed E-state index contributed by atoms with van der Waals surface area (Å²) in [4.78, 5) is 17.2. The molecule has 0 aliphatic rings. The van der Waals surface area contributed by atoms with Gasteiger partial charge in [-0.1, -0.05) is 95.6 Å². The summed E-state index contributed by atoms with van der Waals surface area (Å²) >= 11 is 13.7. The van der Waals surface area contributed by atoms with E-state index in [4.69, 9.17) is 28.2 Å². The molecule has 2 N–H and O–H groups in total. The molecule has 4 rings (SSSR count). The van der Waals surface area contributed by atoms with Gasteiger partial charge in [-0.25, -0.2) is 9.78 Å². The first-order chi connectivity index (χ1) is 17.1. The molecule has 2 amide bonds. The van der Waals surface area contributed by atoms with Crippen molar-refractivity contribution in [1.82, 2.24) is 14.9 Å². The molecule has 1 heterocycles. The van der Waals surface area contributed by atoms with E-state index in [-0.39, 0.29) is 6.03 Å². The number of imidazole rings is 1. The number of anilines is 1. The van der Waals surface area contributed by atoms with Crippen LogP contribution in [0.5, 0.6) is 0 Å². The highest BCUT2D eigenvalue weighted by molar-refractivity contribution is 7.99. The molecule has 1 aromatic heterocycles. The summed E-state index contributed by atoms with van der Waals surface area (Å²) in [6.45, 7) is 3.49. The van der Waals surface area contributed by atoms with Crippen LogP contribution in [0.25, 0.3) is 22.5 Å². The molecular weight excluding hydrogens is 499 g/mol. The van der Waals surface area contributed by atoms with Crippen LogP contribution in [0.15, 0.2) is 84.0 Å². The zero-order valence-corrected chi connectivity index (χ0v) is 21.6. The number of aromatic nitrogens is 2. The van der Waals surface area contributed by atoms with Gasteiger partial charge in [-0.05, 0) is 31.5 Å². The molecule has 35 heavy (non-hydrogen) atoms. The van der Waals surface area contributed by atoms with Crippen LogP contribution in [-0.4, -0.2) is 27.9 Å². The molecule has 0 aliphatic heterocycles. The summed E-state index contributed by atoms with van der Waals surface area (Å²) in [7, 11) is 0. The van der Waals surface area contributed by atoms with Gasteiger partial charge in [0.05, 0.1) is 22.1 Å². The van der Waals surface area contributed by atoms with E-state index < -0.39 is 0 Å². The van der Waals surface area contributed by atoms with Crippen molar-refractivity contribution in [2.75, 3.05) is 17.6 Å². The molecule has 0 atom stereocenters. The van der Waals surface area contributed by atoms with Crippen molar-refractivity contribution in [2.45, 2.75) is 25.0 Å². The fourth-order valence-corrected chi connectivity index (χ4v) is 5.18. The standard InChI is InChI=1S/C27H26Cl2N4OS/c1-2-33-25(20-12-7-4-8-13-20)24(19-10-5-3-6-11-19)32-27(33)35-17-9-16-30-26(34)31-23-15-14-21(28)18-22(23)29/h3-8,10-15,18H,2,9,16-17H2,1H3,(H2,30,31,34). The second kappa shape index (κ2) is 12.2. The van der Waals surface area contributed by atoms with Gasteiger partial charge in [-0.3, -0.25) is 0 Å². The number of thioether (sulfide) groups is 1. The number of carbonyl (C=O) groups is 1. The van der Waals surface area contributed by atoms with Crippen LogP contribution in [-0.2, 0) is 6.54 Å². The first-order valence-electron chi connectivity index (χ1n) is 11.4. The average molecular weight is 526 g/mol. The highest BCUT2D eigenvalue weighted by Crippen LogP contribution is 2.36. The number of hydrogen-bond donors (Lipinski definition) is 2.